The topological polar surface area (TPSA) is 21.3 Å². The Labute approximate surface area is 107 Å². The minimum absolute atomic E-state index is 0.144. The van der Waals surface area contributed by atoms with Gasteiger partial charge in [-0.3, -0.25) is 0 Å². The molecule has 1 N–H and O–H groups in total. The third-order valence-electron chi connectivity index (χ3n) is 2.64. The first kappa shape index (κ1) is 14.0. The molecule has 1 heterocycles. The van der Waals surface area contributed by atoms with Crippen LogP contribution in [0.2, 0.25) is 5.02 Å². The molecule has 0 saturated carbocycles. The molecule has 92 valence electrons. The fourth-order valence-corrected chi connectivity index (χ4v) is 3.06. The zero-order chi connectivity index (χ0) is 12.0. The van der Waals surface area contributed by atoms with E-state index in [9.17, 15) is 0 Å². The standard InChI is InChI=1S/C12H20ClNOS/c1-12(2,5-6-14-7-8-15-3)11-10(13)4-9-16-11/h4,9,14H,5-8H2,1-3H3. The lowest BCUT2D eigenvalue weighted by molar-refractivity contribution is 0.198. The smallest absolute Gasteiger partial charge is 0.0587 e. The summed E-state index contributed by atoms with van der Waals surface area (Å²) in [7, 11) is 1.72. The van der Waals surface area contributed by atoms with E-state index in [1.54, 1.807) is 18.4 Å². The number of ether oxygens (including phenoxy) is 1. The normalized spacial score (nSPS) is 12.0. The van der Waals surface area contributed by atoms with E-state index in [0.29, 0.717) is 0 Å². The van der Waals surface area contributed by atoms with Gasteiger partial charge in [0.25, 0.3) is 0 Å². The van der Waals surface area contributed by atoms with Gasteiger partial charge >= 0.3 is 0 Å². The Morgan fingerprint density at radius 2 is 2.19 bits per heavy atom. The molecule has 0 unspecified atom stereocenters. The third kappa shape index (κ3) is 4.06. The summed E-state index contributed by atoms with van der Waals surface area (Å²) in [4.78, 5) is 1.28. The number of thiophene rings is 1. The maximum atomic E-state index is 6.16. The highest BCUT2D eigenvalue weighted by molar-refractivity contribution is 7.10. The van der Waals surface area contributed by atoms with Crippen LogP contribution in [0.25, 0.3) is 0 Å². The minimum Gasteiger partial charge on any atom is -0.383 e. The van der Waals surface area contributed by atoms with Gasteiger partial charge in [-0.25, -0.2) is 0 Å². The van der Waals surface area contributed by atoms with Crippen molar-refractivity contribution in [2.45, 2.75) is 25.7 Å². The van der Waals surface area contributed by atoms with Gasteiger partial charge in [-0.1, -0.05) is 25.4 Å². The number of methoxy groups -OCH3 is 1. The fraction of sp³-hybridized carbons (Fsp3) is 0.667. The zero-order valence-electron chi connectivity index (χ0n) is 10.2. The van der Waals surface area contributed by atoms with Crippen molar-refractivity contribution in [1.82, 2.24) is 5.32 Å². The van der Waals surface area contributed by atoms with E-state index in [1.165, 1.54) is 4.88 Å². The van der Waals surface area contributed by atoms with E-state index in [-0.39, 0.29) is 5.41 Å². The predicted octanol–water partition coefficient (Wildman–Crippen LogP) is 3.31. The number of halogens is 1. The van der Waals surface area contributed by atoms with Crippen molar-refractivity contribution in [3.05, 3.63) is 21.3 Å². The lowest BCUT2D eigenvalue weighted by atomic mass is 9.87. The van der Waals surface area contributed by atoms with Crippen molar-refractivity contribution in [2.24, 2.45) is 0 Å². The van der Waals surface area contributed by atoms with Gasteiger partial charge in [-0.2, -0.15) is 0 Å². The van der Waals surface area contributed by atoms with Crippen LogP contribution >= 0.6 is 22.9 Å². The highest BCUT2D eigenvalue weighted by Gasteiger charge is 2.23. The summed E-state index contributed by atoms with van der Waals surface area (Å²) >= 11 is 7.90. The number of nitrogens with one attached hydrogen (secondary N) is 1. The van der Waals surface area contributed by atoms with E-state index < -0.39 is 0 Å². The molecule has 0 atom stereocenters. The first-order valence-corrected chi connectivity index (χ1v) is 6.77. The summed E-state index contributed by atoms with van der Waals surface area (Å²) in [6.45, 7) is 7.14. The molecule has 0 radical (unpaired) electrons. The Bertz CT molecular complexity index is 312. The molecule has 4 heteroatoms. The highest BCUT2D eigenvalue weighted by Crippen LogP contribution is 2.36. The molecule has 0 amide bonds. The van der Waals surface area contributed by atoms with Gasteiger partial charge in [-0.15, -0.1) is 11.3 Å². The van der Waals surface area contributed by atoms with Crippen LogP contribution in [0.4, 0.5) is 0 Å². The van der Waals surface area contributed by atoms with Gasteiger partial charge in [-0.05, 0) is 24.4 Å². The van der Waals surface area contributed by atoms with Gasteiger partial charge in [0.05, 0.1) is 11.6 Å². The van der Waals surface area contributed by atoms with E-state index in [1.807, 2.05) is 6.07 Å². The SMILES string of the molecule is COCCNCCC(C)(C)c1sccc1Cl. The molecule has 1 aromatic heterocycles. The van der Waals surface area contributed by atoms with Crippen molar-refractivity contribution in [1.29, 1.82) is 0 Å². The highest BCUT2D eigenvalue weighted by atomic mass is 35.5. The van der Waals surface area contributed by atoms with Crippen LogP contribution in [0.3, 0.4) is 0 Å². The summed E-state index contributed by atoms with van der Waals surface area (Å²) < 4.78 is 4.98. The second-order valence-corrected chi connectivity index (χ2v) is 5.80. The Morgan fingerprint density at radius 1 is 1.44 bits per heavy atom. The van der Waals surface area contributed by atoms with Crippen molar-refractivity contribution >= 4 is 22.9 Å². The first-order valence-electron chi connectivity index (χ1n) is 5.51. The monoisotopic (exact) mass is 261 g/mol. The summed E-state index contributed by atoms with van der Waals surface area (Å²) in [5, 5.41) is 6.31. The van der Waals surface area contributed by atoms with Crippen LogP contribution in [-0.4, -0.2) is 26.8 Å². The summed E-state index contributed by atoms with van der Waals surface area (Å²) in [5.41, 5.74) is 0.144. The molecule has 2 nitrogen and oxygen atoms in total. The molecule has 0 saturated heterocycles. The molecule has 0 fully saturated rings. The average molecular weight is 262 g/mol. The molecule has 1 aromatic rings. The molecule has 0 aromatic carbocycles. The Hall–Kier alpha value is -0.0900. The van der Waals surface area contributed by atoms with E-state index in [2.05, 4.69) is 24.5 Å². The molecule has 1 rings (SSSR count). The second kappa shape index (κ2) is 6.60. The van der Waals surface area contributed by atoms with Gasteiger partial charge in [0.2, 0.25) is 0 Å². The molecule has 0 aliphatic carbocycles. The molecule has 0 aliphatic heterocycles. The maximum Gasteiger partial charge on any atom is 0.0587 e. The van der Waals surface area contributed by atoms with Crippen molar-refractivity contribution in [3.8, 4) is 0 Å². The largest absolute Gasteiger partial charge is 0.383 e. The minimum atomic E-state index is 0.144. The molecule has 0 spiro atoms. The van der Waals surface area contributed by atoms with Crippen LogP contribution in [-0.2, 0) is 10.2 Å². The van der Waals surface area contributed by atoms with Crippen LogP contribution in [0.15, 0.2) is 11.4 Å². The van der Waals surface area contributed by atoms with Crippen LogP contribution in [0.1, 0.15) is 25.1 Å². The molecular weight excluding hydrogens is 242 g/mol. The van der Waals surface area contributed by atoms with Crippen LogP contribution < -0.4 is 5.32 Å². The second-order valence-electron chi connectivity index (χ2n) is 4.47. The van der Waals surface area contributed by atoms with Crippen molar-refractivity contribution in [2.75, 3.05) is 26.8 Å². The zero-order valence-corrected chi connectivity index (χ0v) is 11.8. The Kier molecular flexibility index (Phi) is 5.76. The van der Waals surface area contributed by atoms with Gasteiger partial charge < -0.3 is 10.1 Å². The van der Waals surface area contributed by atoms with Crippen LogP contribution in [0.5, 0.6) is 0 Å². The van der Waals surface area contributed by atoms with Gasteiger partial charge in [0, 0.05) is 23.9 Å². The van der Waals surface area contributed by atoms with E-state index in [0.717, 1.165) is 31.1 Å². The van der Waals surface area contributed by atoms with Crippen LogP contribution in [0, 0.1) is 0 Å². The van der Waals surface area contributed by atoms with E-state index in [4.69, 9.17) is 16.3 Å². The van der Waals surface area contributed by atoms with E-state index >= 15 is 0 Å². The van der Waals surface area contributed by atoms with Crippen molar-refractivity contribution < 1.29 is 4.74 Å². The lowest BCUT2D eigenvalue weighted by Crippen LogP contribution is -2.27. The lowest BCUT2D eigenvalue weighted by Gasteiger charge is -2.24. The Morgan fingerprint density at radius 3 is 2.75 bits per heavy atom. The number of hydrogen-bond acceptors (Lipinski definition) is 3. The Balaban J connectivity index is 2.37. The predicted molar refractivity (Wildman–Crippen MR) is 71.7 cm³/mol. The first-order chi connectivity index (χ1) is 7.58. The molecule has 0 aliphatic rings. The molecular formula is C12H20ClNOS. The number of rotatable bonds is 7. The van der Waals surface area contributed by atoms with Gasteiger partial charge in [0.15, 0.2) is 0 Å². The summed E-state index contributed by atoms with van der Waals surface area (Å²) in [5.74, 6) is 0. The quantitative estimate of drug-likeness (QED) is 0.761. The summed E-state index contributed by atoms with van der Waals surface area (Å²) in [6.07, 6.45) is 1.08. The fourth-order valence-electron chi connectivity index (χ4n) is 1.59. The third-order valence-corrected chi connectivity index (χ3v) is 4.35. The average Bonchev–Trinajstić information content (AvgIpc) is 2.65. The summed E-state index contributed by atoms with van der Waals surface area (Å²) in [6, 6.07) is 1.97. The molecule has 16 heavy (non-hydrogen) atoms. The number of hydrogen-bond donors (Lipinski definition) is 1. The van der Waals surface area contributed by atoms with Crippen molar-refractivity contribution in [3.63, 3.8) is 0 Å². The maximum absolute atomic E-state index is 6.16. The molecule has 0 bridgehead atoms. The van der Waals surface area contributed by atoms with Gasteiger partial charge in [0.1, 0.15) is 0 Å².